The molecule has 2 aromatic heterocycles. The van der Waals surface area contributed by atoms with Crippen LogP contribution in [0.4, 0.5) is 5.00 Å². The van der Waals surface area contributed by atoms with Crippen molar-refractivity contribution in [1.29, 1.82) is 0 Å². The monoisotopic (exact) mass is 517 g/mol. The molecule has 3 aromatic rings. The predicted octanol–water partition coefficient (Wildman–Crippen LogP) is 3.56. The molecule has 0 unspecified atom stereocenters. The molecule has 0 spiro atoms. The molecule has 0 saturated heterocycles. The van der Waals surface area contributed by atoms with Crippen LogP contribution < -0.4 is 15.8 Å². The number of carbonyl (C=O) groups excluding carboxylic acids is 3. The summed E-state index contributed by atoms with van der Waals surface area (Å²) in [6.07, 6.45) is 0. The number of nitrogens with zero attached hydrogens (tertiary/aromatic N) is 3. The van der Waals surface area contributed by atoms with Gasteiger partial charge in [-0.25, -0.2) is 4.79 Å². The molecule has 0 radical (unpaired) electrons. The molecule has 0 aliphatic rings. The van der Waals surface area contributed by atoms with Gasteiger partial charge in [-0.15, -0.1) is 21.5 Å². The third-order valence-corrected chi connectivity index (χ3v) is 7.09. The Morgan fingerprint density at radius 3 is 2.63 bits per heavy atom. The minimum atomic E-state index is -0.676. The second-order valence-electron chi connectivity index (χ2n) is 7.43. The number of nitrogens with two attached hydrogens (primary N) is 1. The number of esters is 1. The van der Waals surface area contributed by atoms with Crippen molar-refractivity contribution in [3.05, 3.63) is 51.7 Å². The summed E-state index contributed by atoms with van der Waals surface area (Å²) < 4.78 is 12.8. The normalized spacial score (nSPS) is 10.7. The van der Waals surface area contributed by atoms with Crippen LogP contribution in [0, 0.1) is 13.8 Å². The lowest BCUT2D eigenvalue weighted by molar-refractivity contribution is -0.113. The fraction of sp³-hybridized carbons (Fsp3) is 0.348. The minimum Gasteiger partial charge on any atom is -0.486 e. The van der Waals surface area contributed by atoms with E-state index >= 15 is 0 Å². The molecular formula is C23H27N5O5S2. The lowest BCUT2D eigenvalue weighted by Crippen LogP contribution is -2.17. The van der Waals surface area contributed by atoms with Gasteiger partial charge >= 0.3 is 5.97 Å². The van der Waals surface area contributed by atoms with Crippen LogP contribution in [0.3, 0.4) is 0 Å². The molecule has 2 heterocycles. The van der Waals surface area contributed by atoms with E-state index in [-0.39, 0.29) is 40.3 Å². The van der Waals surface area contributed by atoms with Crippen molar-refractivity contribution in [1.82, 2.24) is 14.8 Å². The lowest BCUT2D eigenvalue weighted by Gasteiger charge is -2.09. The van der Waals surface area contributed by atoms with Crippen LogP contribution in [-0.4, -0.2) is 44.9 Å². The maximum atomic E-state index is 12.7. The first-order valence-corrected chi connectivity index (χ1v) is 12.7. The Hall–Kier alpha value is -3.38. The maximum absolute atomic E-state index is 12.7. The summed E-state index contributed by atoms with van der Waals surface area (Å²) in [5, 5.41) is 11.9. The summed E-state index contributed by atoms with van der Waals surface area (Å²) in [5.74, 6) is -0.280. The van der Waals surface area contributed by atoms with E-state index in [0.29, 0.717) is 23.1 Å². The summed E-state index contributed by atoms with van der Waals surface area (Å²) >= 11 is 2.15. The zero-order valence-electron chi connectivity index (χ0n) is 19.9. The van der Waals surface area contributed by atoms with Gasteiger partial charge in [0.1, 0.15) is 17.4 Å². The number of primary amides is 1. The van der Waals surface area contributed by atoms with Crippen molar-refractivity contribution in [2.75, 3.05) is 17.7 Å². The first-order valence-electron chi connectivity index (χ1n) is 10.9. The van der Waals surface area contributed by atoms with E-state index in [9.17, 15) is 14.4 Å². The second kappa shape index (κ2) is 11.8. The number of anilines is 1. The largest absolute Gasteiger partial charge is 0.486 e. The number of carbonyl (C=O) groups is 3. The first kappa shape index (κ1) is 26.2. The topological polar surface area (TPSA) is 138 Å². The van der Waals surface area contributed by atoms with Gasteiger partial charge in [0.2, 0.25) is 5.91 Å². The highest BCUT2D eigenvalue weighted by atomic mass is 32.2. The lowest BCUT2D eigenvalue weighted by atomic mass is 10.1. The Bertz CT molecular complexity index is 1240. The molecule has 10 nitrogen and oxygen atoms in total. The Balaban J connectivity index is 1.67. The molecule has 1 aromatic carbocycles. The van der Waals surface area contributed by atoms with E-state index in [1.165, 1.54) is 11.8 Å². The van der Waals surface area contributed by atoms with Gasteiger partial charge in [0.05, 0.1) is 22.8 Å². The highest BCUT2D eigenvalue weighted by Crippen LogP contribution is 2.33. The van der Waals surface area contributed by atoms with E-state index in [4.69, 9.17) is 15.2 Å². The molecule has 0 aliphatic heterocycles. The number of benzene rings is 1. The van der Waals surface area contributed by atoms with Crippen LogP contribution in [0.1, 0.15) is 50.8 Å². The molecular weight excluding hydrogens is 490 g/mol. The number of nitrogens with one attached hydrogen (secondary N) is 1. The quantitative estimate of drug-likeness (QED) is 0.291. The van der Waals surface area contributed by atoms with E-state index < -0.39 is 11.9 Å². The Morgan fingerprint density at radius 2 is 1.97 bits per heavy atom. The van der Waals surface area contributed by atoms with E-state index in [1.54, 1.807) is 13.8 Å². The van der Waals surface area contributed by atoms with E-state index in [1.807, 2.05) is 42.7 Å². The van der Waals surface area contributed by atoms with Crippen LogP contribution >= 0.6 is 23.1 Å². The summed E-state index contributed by atoms with van der Waals surface area (Å²) in [7, 11) is 0. The van der Waals surface area contributed by atoms with Crippen LogP contribution in [0.15, 0.2) is 29.4 Å². The van der Waals surface area contributed by atoms with Crippen molar-refractivity contribution in [3.8, 4) is 5.75 Å². The number of thiophene rings is 1. The van der Waals surface area contributed by atoms with Crippen molar-refractivity contribution < 1.29 is 23.9 Å². The third-order valence-electron chi connectivity index (χ3n) is 4.90. The number of rotatable bonds is 11. The number of hydrogen-bond acceptors (Lipinski definition) is 9. The van der Waals surface area contributed by atoms with Gasteiger partial charge in [0, 0.05) is 6.54 Å². The Labute approximate surface area is 211 Å². The summed E-state index contributed by atoms with van der Waals surface area (Å²) in [5.41, 5.74) is 7.03. The van der Waals surface area contributed by atoms with Crippen molar-refractivity contribution in [2.45, 2.75) is 46.0 Å². The van der Waals surface area contributed by atoms with Crippen LogP contribution in [0.5, 0.6) is 5.75 Å². The van der Waals surface area contributed by atoms with Gasteiger partial charge in [-0.2, -0.15) is 0 Å². The van der Waals surface area contributed by atoms with Crippen LogP contribution in [0.25, 0.3) is 0 Å². The molecule has 3 rings (SSSR count). The van der Waals surface area contributed by atoms with Gasteiger partial charge in [-0.05, 0) is 51.0 Å². The number of ether oxygens (including phenoxy) is 2. The maximum Gasteiger partial charge on any atom is 0.341 e. The molecule has 12 heteroatoms. The van der Waals surface area contributed by atoms with Gasteiger partial charge in [-0.3, -0.25) is 9.59 Å². The molecule has 2 amide bonds. The highest BCUT2D eigenvalue weighted by molar-refractivity contribution is 7.99. The van der Waals surface area contributed by atoms with Crippen molar-refractivity contribution in [3.63, 3.8) is 0 Å². The number of aromatic nitrogens is 3. The van der Waals surface area contributed by atoms with Crippen molar-refractivity contribution >= 4 is 45.9 Å². The molecule has 186 valence electrons. The first-order chi connectivity index (χ1) is 16.7. The average molecular weight is 518 g/mol. The molecule has 3 N–H and O–H groups in total. The Morgan fingerprint density at radius 1 is 1.20 bits per heavy atom. The minimum absolute atomic E-state index is 0.0159. The van der Waals surface area contributed by atoms with E-state index in [0.717, 1.165) is 22.6 Å². The summed E-state index contributed by atoms with van der Waals surface area (Å²) in [6, 6.07) is 7.72. The van der Waals surface area contributed by atoms with E-state index in [2.05, 4.69) is 15.5 Å². The molecule has 0 aliphatic carbocycles. The van der Waals surface area contributed by atoms with Gasteiger partial charge in [0.15, 0.2) is 11.0 Å². The highest BCUT2D eigenvalue weighted by Gasteiger charge is 2.26. The molecule has 0 atom stereocenters. The number of amides is 2. The Kier molecular flexibility index (Phi) is 8.88. The smallest absolute Gasteiger partial charge is 0.341 e. The average Bonchev–Trinajstić information content (AvgIpc) is 3.36. The summed E-state index contributed by atoms with van der Waals surface area (Å²) in [6.45, 7) is 8.21. The van der Waals surface area contributed by atoms with Crippen LogP contribution in [-0.2, 0) is 22.7 Å². The predicted molar refractivity (Wildman–Crippen MR) is 134 cm³/mol. The molecule has 35 heavy (non-hydrogen) atoms. The van der Waals surface area contributed by atoms with Gasteiger partial charge in [-0.1, -0.05) is 23.9 Å². The van der Waals surface area contributed by atoms with Crippen molar-refractivity contribution in [2.24, 2.45) is 5.73 Å². The number of aryl methyl sites for hydroxylation is 1. The third kappa shape index (κ3) is 6.40. The fourth-order valence-corrected chi connectivity index (χ4v) is 5.17. The molecule has 0 saturated carbocycles. The standard InChI is InChI=1S/C23H27N5O5S2/c1-5-28-16(11-33-15-9-7-8-13(3)10-15)26-27-23(28)34-12-17(29)25-21-18(22(31)32-6-2)14(4)19(35-21)20(24)30/h7-10H,5-6,11-12H2,1-4H3,(H2,24,30)(H,25,29). The number of hydrogen-bond donors (Lipinski definition) is 2. The zero-order valence-corrected chi connectivity index (χ0v) is 21.5. The van der Waals surface area contributed by atoms with Gasteiger partial charge in [0.25, 0.3) is 5.91 Å². The van der Waals surface area contributed by atoms with Crippen LogP contribution in [0.2, 0.25) is 0 Å². The molecule has 0 bridgehead atoms. The fourth-order valence-electron chi connectivity index (χ4n) is 3.28. The molecule has 0 fully saturated rings. The second-order valence-corrected chi connectivity index (χ2v) is 9.39. The zero-order chi connectivity index (χ0) is 25.5. The van der Waals surface area contributed by atoms with Gasteiger partial charge < -0.3 is 25.1 Å². The number of thioether (sulfide) groups is 1. The summed E-state index contributed by atoms with van der Waals surface area (Å²) in [4.78, 5) is 37.0. The SMILES string of the molecule is CCOC(=O)c1c(NC(=O)CSc2nnc(COc3cccc(C)c3)n2CC)sc(C(N)=O)c1C.